The minimum absolute atomic E-state index is 0. The zero-order valence-electron chi connectivity index (χ0n) is 38.2. The number of amides is 6. The van der Waals surface area contributed by atoms with E-state index in [1.54, 1.807) is 30.3 Å². The van der Waals surface area contributed by atoms with Crippen LogP contribution in [0.4, 0.5) is 0 Å². The van der Waals surface area contributed by atoms with Gasteiger partial charge in [-0.25, -0.2) is 0 Å². The third-order valence-corrected chi connectivity index (χ3v) is 11.0. The van der Waals surface area contributed by atoms with Crippen molar-refractivity contribution in [2.24, 2.45) is 16.5 Å². The Morgan fingerprint density at radius 2 is 1.26 bits per heavy atom. The Morgan fingerprint density at radius 1 is 0.725 bits per heavy atom. The maximum atomic E-state index is 14.0. The number of rotatable bonds is 22. The van der Waals surface area contributed by atoms with Gasteiger partial charge in [-0.05, 0) is 44.1 Å². The molecule has 2 aliphatic rings. The van der Waals surface area contributed by atoms with Gasteiger partial charge in [-0.3, -0.25) is 53.3 Å². The third kappa shape index (κ3) is 23.0. The normalized spacial score (nSPS) is 21.0. The average Bonchev–Trinajstić information content (AvgIpc) is 3.35. The van der Waals surface area contributed by atoms with Crippen molar-refractivity contribution in [1.82, 2.24) is 46.6 Å². The Labute approximate surface area is 411 Å². The number of unbranched alkanes of at least 4 members (excludes halogenated alkanes) is 1. The molecule has 0 aliphatic carbocycles. The molecule has 27 heteroatoms. The van der Waals surface area contributed by atoms with Crippen LogP contribution in [0.3, 0.4) is 0 Å². The molecular formula is C42H61GaN12O14. The number of benzene rings is 1. The van der Waals surface area contributed by atoms with Crippen LogP contribution >= 0.6 is 0 Å². The zero-order chi connectivity index (χ0) is 50.2. The van der Waals surface area contributed by atoms with Gasteiger partial charge in [0.2, 0.25) is 35.4 Å². The SMILES string of the molecule is NC(N)=NCCC[C@@H]1NC(=O)[C@H](CCCCNC(=O)CCC(C(=O)[O-])N2CCN(CC(=O)[O-])CCN(CC(=O)[O-])CC2)NC(=O)[C@@H](Cc2ccccc2)NC(=O)[C@H](CC(=O)O)NC(=O)CNC1=O.[68Ga+3]. The number of nitrogens with zero attached hydrogens (tertiary/aromatic N) is 4. The number of guanidine groups is 1. The zero-order valence-corrected chi connectivity index (χ0v) is 40.6. The van der Waals surface area contributed by atoms with E-state index in [9.17, 15) is 68.4 Å². The van der Waals surface area contributed by atoms with Gasteiger partial charge < -0.3 is 78.2 Å². The third-order valence-electron chi connectivity index (χ3n) is 11.0. The van der Waals surface area contributed by atoms with Crippen molar-refractivity contribution in [2.75, 3.05) is 72.0 Å². The molecule has 0 aromatic heterocycles. The molecule has 1 unspecified atom stereocenters. The van der Waals surface area contributed by atoms with Gasteiger partial charge in [0.1, 0.15) is 24.2 Å². The smallest absolute Gasteiger partial charge is 0.549 e. The average molecular weight is 1030 g/mol. The van der Waals surface area contributed by atoms with Crippen LogP contribution in [0.15, 0.2) is 35.3 Å². The molecule has 2 heterocycles. The number of nitrogens with one attached hydrogen (secondary N) is 6. The van der Waals surface area contributed by atoms with Crippen LogP contribution in [0.5, 0.6) is 0 Å². The van der Waals surface area contributed by atoms with E-state index in [4.69, 9.17) is 11.5 Å². The molecular weight excluding hydrogens is 964 g/mol. The second-order valence-corrected chi connectivity index (χ2v) is 16.3. The second kappa shape index (κ2) is 31.0. The topological polar surface area (TPSA) is 406 Å². The van der Waals surface area contributed by atoms with Gasteiger partial charge in [-0.1, -0.05) is 30.3 Å². The van der Waals surface area contributed by atoms with Gasteiger partial charge in [0.15, 0.2) is 5.96 Å². The van der Waals surface area contributed by atoms with E-state index < -0.39 is 116 Å². The van der Waals surface area contributed by atoms with E-state index in [0.717, 1.165) is 0 Å². The van der Waals surface area contributed by atoms with Crippen molar-refractivity contribution in [2.45, 2.75) is 88.0 Å². The van der Waals surface area contributed by atoms with Crippen LogP contribution in [0.25, 0.3) is 0 Å². The summed E-state index contributed by atoms with van der Waals surface area (Å²) in [6, 6.07) is 1.51. The van der Waals surface area contributed by atoms with Crippen LogP contribution < -0.4 is 58.7 Å². The molecule has 2 saturated heterocycles. The summed E-state index contributed by atoms with van der Waals surface area (Å²) in [5, 5.41) is 59.6. The maximum Gasteiger partial charge on any atom is 3.00 e. The van der Waals surface area contributed by atoms with Crippen LogP contribution in [-0.4, -0.2) is 207 Å². The number of aliphatic imine (C=N–C) groups is 1. The minimum atomic E-state index is -1.66. The molecule has 0 bridgehead atoms. The van der Waals surface area contributed by atoms with Crippen LogP contribution in [0, 0.1) is 0 Å². The molecule has 2 aliphatic heterocycles. The monoisotopic (exact) mass is 1030 g/mol. The standard InChI is InChI=1S/C42H64N12O14.Ga/c43-42(44)46-14-6-10-27-37(63)47-23-33(56)48-30(22-34(57)58)40(66)51-29(21-26-7-2-1-3-8-26)39(65)50-28(38(64)49-27)9-4-5-13-45-32(55)12-11-31(41(67)68)54-19-17-52(24-35(59)60)15-16-53(18-20-54)25-36(61)62;/h1-3,7-8,27-31H,4-6,9-25H2,(H,45,55)(H,47,63)(H,48,56)(H,49,64)(H,50,65)(H,51,66)(H,57,58)(H,59,60)(H,61,62)(H,67,68)(H4,43,44,46);/q;+3/p-3/t27-,28-,29+,30-,31?;/m0./s1/i;1-2. The maximum absolute atomic E-state index is 14.0. The molecule has 11 N–H and O–H groups in total. The predicted molar refractivity (Wildman–Crippen MR) is 238 cm³/mol. The Balaban J connectivity index is 0.0000163. The van der Waals surface area contributed by atoms with Gasteiger partial charge in [0, 0.05) is 84.3 Å². The number of carbonyl (C=O) groups is 10. The van der Waals surface area contributed by atoms with E-state index >= 15 is 0 Å². The summed E-state index contributed by atoms with van der Waals surface area (Å²) in [6.45, 7) is -0.787. The molecule has 0 radical (unpaired) electrons. The summed E-state index contributed by atoms with van der Waals surface area (Å²) >= 11 is 0. The van der Waals surface area contributed by atoms with Gasteiger partial charge in [-0.2, -0.15) is 0 Å². The van der Waals surface area contributed by atoms with Crippen molar-refractivity contribution >= 4 is 85.1 Å². The molecule has 3 rings (SSSR count). The quantitative estimate of drug-likeness (QED) is 0.0225. The summed E-state index contributed by atoms with van der Waals surface area (Å²) in [7, 11) is 0. The fourth-order valence-electron chi connectivity index (χ4n) is 7.50. The molecule has 1 aromatic carbocycles. The molecule has 69 heavy (non-hydrogen) atoms. The van der Waals surface area contributed by atoms with E-state index in [1.807, 2.05) is 0 Å². The Bertz CT molecular complexity index is 1930. The first kappa shape index (κ1) is 58.8. The van der Waals surface area contributed by atoms with Gasteiger partial charge in [0.25, 0.3) is 0 Å². The van der Waals surface area contributed by atoms with E-state index in [1.165, 1.54) is 14.7 Å². The molecule has 6 amide bonds. The number of nitrogens with two attached hydrogens (primary N) is 2. The molecule has 1 aromatic rings. The summed E-state index contributed by atoms with van der Waals surface area (Å²) in [6.07, 6.45) is -0.924. The summed E-state index contributed by atoms with van der Waals surface area (Å²) < 4.78 is 0. The van der Waals surface area contributed by atoms with Crippen molar-refractivity contribution in [3.8, 4) is 0 Å². The van der Waals surface area contributed by atoms with Crippen LogP contribution in [0.1, 0.15) is 56.9 Å². The number of carboxylic acids is 4. The van der Waals surface area contributed by atoms with Gasteiger partial charge >= 0.3 is 25.8 Å². The summed E-state index contributed by atoms with van der Waals surface area (Å²) in [5.41, 5.74) is 11.4. The first-order chi connectivity index (χ1) is 32.3. The summed E-state index contributed by atoms with van der Waals surface area (Å²) in [4.78, 5) is 136. The predicted octanol–water partition coefficient (Wildman–Crippen LogP) is -8.95. The molecule has 0 saturated carbocycles. The Kier molecular flexibility index (Phi) is 26.4. The number of hydrogen-bond acceptors (Lipinski definition) is 17. The fourth-order valence-corrected chi connectivity index (χ4v) is 7.50. The van der Waals surface area contributed by atoms with Gasteiger partial charge in [-0.15, -0.1) is 0 Å². The first-order valence-electron chi connectivity index (χ1n) is 22.2. The molecule has 26 nitrogen and oxygen atoms in total. The first-order valence-corrected chi connectivity index (χ1v) is 22.2. The van der Waals surface area contributed by atoms with E-state index in [-0.39, 0.29) is 129 Å². The van der Waals surface area contributed by atoms with E-state index in [2.05, 4.69) is 36.9 Å². The number of hydrogen-bond donors (Lipinski definition) is 9. The minimum Gasteiger partial charge on any atom is -0.549 e. The van der Waals surface area contributed by atoms with E-state index in [0.29, 0.717) is 5.56 Å². The number of carboxylic acid groups (broad SMARTS) is 4. The van der Waals surface area contributed by atoms with Crippen LogP contribution in [0.2, 0.25) is 0 Å². The Hall–Kier alpha value is -6.29. The molecule has 0 spiro atoms. The largest absolute Gasteiger partial charge is 3.00 e. The molecule has 376 valence electrons. The van der Waals surface area contributed by atoms with Gasteiger partial charge in [0.05, 0.1) is 30.9 Å². The summed E-state index contributed by atoms with van der Waals surface area (Å²) in [5.74, 6) is -10.8. The van der Waals surface area contributed by atoms with Crippen molar-refractivity contribution < 1.29 is 68.4 Å². The fraction of sp³-hybridized carbons (Fsp3) is 0.595. The number of aliphatic carboxylic acids is 4. The van der Waals surface area contributed by atoms with Crippen molar-refractivity contribution in [3.63, 3.8) is 0 Å². The van der Waals surface area contributed by atoms with Crippen LogP contribution in [-0.2, 0) is 54.4 Å². The van der Waals surface area contributed by atoms with Crippen molar-refractivity contribution in [3.05, 3.63) is 35.9 Å². The van der Waals surface area contributed by atoms with Crippen molar-refractivity contribution in [1.29, 1.82) is 0 Å². The molecule has 5 atom stereocenters. The Morgan fingerprint density at radius 3 is 1.83 bits per heavy atom. The number of carbonyl (C=O) groups excluding carboxylic acids is 9. The molecule has 2 fully saturated rings. The second-order valence-electron chi connectivity index (χ2n) is 16.3.